The summed E-state index contributed by atoms with van der Waals surface area (Å²) in [6.45, 7) is 0. The Balaban J connectivity index is 1.85. The second kappa shape index (κ2) is 7.78. The van der Waals surface area contributed by atoms with Crippen molar-refractivity contribution in [3.63, 3.8) is 0 Å². The number of nitrogens with zero attached hydrogens (tertiary/aromatic N) is 1. The fourth-order valence-corrected chi connectivity index (χ4v) is 4.33. The van der Waals surface area contributed by atoms with Crippen LogP contribution in [0.15, 0.2) is 39.0 Å². The fourth-order valence-electron chi connectivity index (χ4n) is 2.10. The summed E-state index contributed by atoms with van der Waals surface area (Å²) in [4.78, 5) is 25.6. The van der Waals surface area contributed by atoms with Crippen LogP contribution in [0.4, 0.5) is 0 Å². The van der Waals surface area contributed by atoms with Gasteiger partial charge in [-0.15, -0.1) is 11.3 Å². The molecule has 2 amide bonds. The van der Waals surface area contributed by atoms with Gasteiger partial charge in [0.2, 0.25) is 0 Å². The second-order valence-corrected chi connectivity index (χ2v) is 8.46. The Morgan fingerprint density at radius 2 is 2.23 bits per heavy atom. The number of nitrogens with one attached hydrogen (secondary N) is 1. The fraction of sp³-hybridized carbons (Fsp3) is 0.0625. The molecule has 1 saturated heterocycles. The van der Waals surface area contributed by atoms with Crippen LogP contribution in [-0.4, -0.2) is 33.4 Å². The smallest absolute Gasteiger partial charge is 0.285 e. The third kappa shape index (κ3) is 3.78. The van der Waals surface area contributed by atoms with E-state index in [0.29, 0.717) is 19.8 Å². The van der Waals surface area contributed by atoms with Crippen LogP contribution in [0.2, 0.25) is 0 Å². The molecule has 6 nitrogen and oxygen atoms in total. The van der Waals surface area contributed by atoms with E-state index < -0.39 is 11.8 Å². The van der Waals surface area contributed by atoms with Gasteiger partial charge in [-0.2, -0.15) is 5.01 Å². The molecule has 1 aromatic heterocycles. The van der Waals surface area contributed by atoms with E-state index >= 15 is 0 Å². The van der Waals surface area contributed by atoms with Crippen LogP contribution in [0.1, 0.15) is 15.2 Å². The topological polar surface area (TPSA) is 78.9 Å². The molecule has 0 saturated carbocycles. The third-order valence-electron chi connectivity index (χ3n) is 3.34. The molecular weight excluding hydrogens is 460 g/mol. The first kappa shape index (κ1) is 18.9. The number of thiophene rings is 1. The number of carbonyl (C=O) groups is 2. The molecule has 1 fully saturated rings. The molecule has 1 aliphatic rings. The molecule has 0 aliphatic carbocycles. The first-order valence-electron chi connectivity index (χ1n) is 7.09. The molecule has 0 unspecified atom stereocenters. The molecule has 0 radical (unpaired) electrons. The Kier molecular flexibility index (Phi) is 5.66. The van der Waals surface area contributed by atoms with Crippen molar-refractivity contribution in [3.05, 3.63) is 49.5 Å². The molecule has 134 valence electrons. The lowest BCUT2D eigenvalue weighted by Gasteiger charge is -2.14. The quantitative estimate of drug-likeness (QED) is 0.522. The zero-order chi connectivity index (χ0) is 18.8. The minimum Gasteiger partial charge on any atom is -0.504 e. The van der Waals surface area contributed by atoms with Crippen molar-refractivity contribution in [1.82, 2.24) is 10.4 Å². The third-order valence-corrected chi connectivity index (χ3v) is 6.19. The van der Waals surface area contributed by atoms with Gasteiger partial charge < -0.3 is 9.84 Å². The average molecular weight is 471 g/mol. The molecule has 26 heavy (non-hydrogen) atoms. The van der Waals surface area contributed by atoms with Crippen molar-refractivity contribution >= 4 is 73.5 Å². The van der Waals surface area contributed by atoms with Crippen molar-refractivity contribution in [2.24, 2.45) is 0 Å². The molecule has 3 rings (SSSR count). The van der Waals surface area contributed by atoms with E-state index in [2.05, 4.69) is 21.4 Å². The highest BCUT2D eigenvalue weighted by Gasteiger charge is 2.34. The summed E-state index contributed by atoms with van der Waals surface area (Å²) in [5, 5.41) is 12.6. The van der Waals surface area contributed by atoms with Gasteiger partial charge in [0.15, 0.2) is 15.8 Å². The standard InChI is InChI=1S/C16H11BrN2O4S3/c1-23-11-5-8(9(17)7-10(11)20)6-13-15(22)19(16(24)26-13)18-14(21)12-3-2-4-25-12/h2-7,20H,1H3,(H,18,21)/b13-6-. The van der Waals surface area contributed by atoms with Gasteiger partial charge in [-0.3, -0.25) is 15.0 Å². The summed E-state index contributed by atoms with van der Waals surface area (Å²) >= 11 is 10.9. The first-order chi connectivity index (χ1) is 12.4. The molecule has 2 heterocycles. The number of rotatable bonds is 4. The highest BCUT2D eigenvalue weighted by atomic mass is 79.9. The zero-order valence-electron chi connectivity index (χ0n) is 13.2. The van der Waals surface area contributed by atoms with Crippen molar-refractivity contribution < 1.29 is 19.4 Å². The lowest BCUT2D eigenvalue weighted by Crippen LogP contribution is -2.44. The maximum atomic E-state index is 12.6. The number of carbonyl (C=O) groups excluding carboxylic acids is 2. The first-order valence-corrected chi connectivity index (χ1v) is 9.99. The van der Waals surface area contributed by atoms with Crippen LogP contribution >= 0.6 is 51.2 Å². The number of halogens is 1. The number of phenolic OH excluding ortho intramolecular Hbond substituents is 1. The SMILES string of the molecule is COc1cc(/C=C2\SC(=S)N(NC(=O)c3cccs3)C2=O)c(Br)cc1O. The number of aromatic hydroxyl groups is 1. The van der Waals surface area contributed by atoms with E-state index in [4.69, 9.17) is 17.0 Å². The minimum absolute atomic E-state index is 0.0210. The summed E-state index contributed by atoms with van der Waals surface area (Å²) in [6, 6.07) is 6.48. The number of phenols is 1. The molecule has 2 aromatic rings. The normalized spacial score (nSPS) is 15.6. The summed E-state index contributed by atoms with van der Waals surface area (Å²) in [7, 11) is 1.44. The van der Waals surface area contributed by atoms with Crippen LogP contribution in [0, 0.1) is 0 Å². The summed E-state index contributed by atoms with van der Waals surface area (Å²) in [6.07, 6.45) is 1.61. The van der Waals surface area contributed by atoms with Crippen LogP contribution < -0.4 is 10.2 Å². The predicted molar refractivity (Wildman–Crippen MR) is 109 cm³/mol. The van der Waals surface area contributed by atoms with Crippen LogP contribution in [0.5, 0.6) is 11.5 Å². The van der Waals surface area contributed by atoms with Gasteiger partial charge >= 0.3 is 0 Å². The Hall–Kier alpha value is -1.88. The number of benzene rings is 1. The van der Waals surface area contributed by atoms with Gasteiger partial charge in [0, 0.05) is 4.47 Å². The van der Waals surface area contributed by atoms with Gasteiger partial charge in [-0.1, -0.05) is 33.8 Å². The van der Waals surface area contributed by atoms with Crippen molar-refractivity contribution in [1.29, 1.82) is 0 Å². The monoisotopic (exact) mass is 470 g/mol. The van der Waals surface area contributed by atoms with E-state index in [1.165, 1.54) is 24.5 Å². The summed E-state index contributed by atoms with van der Waals surface area (Å²) < 4.78 is 5.90. The average Bonchev–Trinajstić information content (AvgIpc) is 3.22. The predicted octanol–water partition coefficient (Wildman–Crippen LogP) is 3.77. The maximum absolute atomic E-state index is 12.6. The Labute approximate surface area is 170 Å². The number of thiocarbonyl (C=S) groups is 1. The number of hydrazine groups is 1. The van der Waals surface area contributed by atoms with E-state index in [9.17, 15) is 14.7 Å². The van der Waals surface area contributed by atoms with Gasteiger partial charge in [0.05, 0.1) is 16.9 Å². The van der Waals surface area contributed by atoms with Gasteiger partial charge in [0.1, 0.15) is 0 Å². The molecule has 1 aliphatic heterocycles. The Morgan fingerprint density at radius 1 is 1.46 bits per heavy atom. The van der Waals surface area contributed by atoms with Crippen molar-refractivity contribution in [2.45, 2.75) is 0 Å². The number of ether oxygens (including phenoxy) is 1. The van der Waals surface area contributed by atoms with Crippen molar-refractivity contribution in [2.75, 3.05) is 7.11 Å². The summed E-state index contributed by atoms with van der Waals surface area (Å²) in [5.74, 6) is -0.568. The number of amides is 2. The van der Waals surface area contributed by atoms with Gasteiger partial charge in [0.25, 0.3) is 11.8 Å². The molecule has 1 aromatic carbocycles. The summed E-state index contributed by atoms with van der Waals surface area (Å²) in [5.41, 5.74) is 3.15. The molecular formula is C16H11BrN2O4S3. The molecule has 0 bridgehead atoms. The van der Waals surface area contributed by atoms with E-state index in [1.54, 1.807) is 29.7 Å². The minimum atomic E-state index is -0.427. The van der Waals surface area contributed by atoms with Crippen LogP contribution in [-0.2, 0) is 4.79 Å². The van der Waals surface area contributed by atoms with Crippen molar-refractivity contribution in [3.8, 4) is 11.5 Å². The van der Waals surface area contributed by atoms with Gasteiger partial charge in [-0.05, 0) is 47.4 Å². The Bertz CT molecular complexity index is 928. The highest BCUT2D eigenvalue weighted by molar-refractivity contribution is 9.10. The largest absolute Gasteiger partial charge is 0.504 e. The van der Waals surface area contributed by atoms with Gasteiger partial charge in [-0.25, -0.2) is 0 Å². The number of hydrogen-bond donors (Lipinski definition) is 2. The number of methoxy groups -OCH3 is 1. The lowest BCUT2D eigenvalue weighted by molar-refractivity contribution is -0.123. The van der Waals surface area contributed by atoms with Crippen LogP contribution in [0.3, 0.4) is 0 Å². The maximum Gasteiger partial charge on any atom is 0.285 e. The van der Waals surface area contributed by atoms with Crippen LogP contribution in [0.25, 0.3) is 6.08 Å². The number of hydrogen-bond acceptors (Lipinski definition) is 7. The molecule has 10 heteroatoms. The second-order valence-electron chi connectivity index (χ2n) is 4.98. The Morgan fingerprint density at radius 3 is 2.88 bits per heavy atom. The van der Waals surface area contributed by atoms with E-state index in [1.807, 2.05) is 0 Å². The molecule has 0 atom stereocenters. The van der Waals surface area contributed by atoms with E-state index in [0.717, 1.165) is 16.8 Å². The highest BCUT2D eigenvalue weighted by Crippen LogP contribution is 2.37. The molecule has 2 N–H and O–H groups in total. The number of thioether (sulfide) groups is 1. The van der Waals surface area contributed by atoms with E-state index in [-0.39, 0.29) is 15.8 Å². The molecule has 0 spiro atoms. The lowest BCUT2D eigenvalue weighted by atomic mass is 10.2. The zero-order valence-corrected chi connectivity index (χ0v) is 17.2.